The van der Waals surface area contributed by atoms with Crippen molar-refractivity contribution in [1.82, 2.24) is 10.3 Å². The SMILES string of the molecule is CCOC(=N)c1cnc(NC(=O)N[C@H](CO)c2ccc(F)cc2)cc1N. The van der Waals surface area contributed by atoms with Crippen molar-refractivity contribution in [3.63, 3.8) is 0 Å². The number of nitrogens with one attached hydrogen (secondary N) is 3. The molecule has 0 unspecified atom stereocenters. The molecule has 1 heterocycles. The number of ether oxygens (including phenoxy) is 1. The normalized spacial score (nSPS) is 11.5. The van der Waals surface area contributed by atoms with E-state index in [2.05, 4.69) is 15.6 Å². The van der Waals surface area contributed by atoms with Gasteiger partial charge in [0.15, 0.2) is 0 Å². The van der Waals surface area contributed by atoms with E-state index in [1.54, 1.807) is 6.92 Å². The molecule has 0 saturated carbocycles. The molecule has 0 bridgehead atoms. The number of amides is 2. The van der Waals surface area contributed by atoms with Crippen molar-refractivity contribution in [3.8, 4) is 0 Å². The van der Waals surface area contributed by atoms with Crippen LogP contribution in [0.4, 0.5) is 20.7 Å². The van der Waals surface area contributed by atoms with E-state index in [0.717, 1.165) is 0 Å². The van der Waals surface area contributed by atoms with Crippen molar-refractivity contribution < 1.29 is 19.0 Å². The number of hydrogen-bond donors (Lipinski definition) is 5. The summed E-state index contributed by atoms with van der Waals surface area (Å²) in [5.74, 6) is -0.346. The molecule has 2 rings (SSSR count). The van der Waals surface area contributed by atoms with E-state index >= 15 is 0 Å². The van der Waals surface area contributed by atoms with Gasteiger partial charge in [-0.25, -0.2) is 14.2 Å². The van der Waals surface area contributed by atoms with Crippen LogP contribution in [-0.4, -0.2) is 35.2 Å². The summed E-state index contributed by atoms with van der Waals surface area (Å²) in [6.07, 6.45) is 1.33. The molecular weight excluding hydrogens is 341 g/mol. The van der Waals surface area contributed by atoms with Crippen molar-refractivity contribution in [2.24, 2.45) is 0 Å². The Morgan fingerprint density at radius 1 is 1.42 bits per heavy atom. The standard InChI is InChI=1S/C17H20FN5O3/c1-2-26-16(20)12-8-21-15(7-13(12)19)23-17(25)22-14(9-24)10-3-5-11(18)6-4-10/h3-8,14,20,24H,2,9H2,1H3,(H4,19,21,22,23,25)/t14-/m1/s1. The first kappa shape index (κ1) is 19.1. The zero-order chi connectivity index (χ0) is 19.1. The predicted molar refractivity (Wildman–Crippen MR) is 95.5 cm³/mol. The number of carbonyl (C=O) groups excluding carboxylic acids is 1. The summed E-state index contributed by atoms with van der Waals surface area (Å²) in [6, 6.07) is 5.50. The molecule has 26 heavy (non-hydrogen) atoms. The Labute approximate surface area is 149 Å². The molecule has 0 aliphatic carbocycles. The van der Waals surface area contributed by atoms with E-state index < -0.39 is 17.9 Å². The first-order chi connectivity index (χ1) is 12.4. The number of hydrogen-bond acceptors (Lipinski definition) is 6. The minimum Gasteiger partial charge on any atom is -0.478 e. The summed E-state index contributed by atoms with van der Waals surface area (Å²) >= 11 is 0. The maximum Gasteiger partial charge on any atom is 0.320 e. The smallest absolute Gasteiger partial charge is 0.320 e. The van der Waals surface area contributed by atoms with Crippen molar-refractivity contribution >= 4 is 23.4 Å². The first-order valence-electron chi connectivity index (χ1n) is 7.85. The van der Waals surface area contributed by atoms with Gasteiger partial charge in [0.05, 0.1) is 24.8 Å². The third kappa shape index (κ3) is 4.90. The summed E-state index contributed by atoms with van der Waals surface area (Å²) in [7, 11) is 0. The molecule has 2 amide bonds. The number of benzene rings is 1. The molecule has 0 radical (unpaired) electrons. The highest BCUT2D eigenvalue weighted by Gasteiger charge is 2.15. The number of aliphatic hydroxyl groups excluding tert-OH is 1. The Balaban J connectivity index is 2.03. The number of rotatable bonds is 6. The van der Waals surface area contributed by atoms with Gasteiger partial charge in [0.1, 0.15) is 11.6 Å². The zero-order valence-electron chi connectivity index (χ0n) is 14.1. The Hall–Kier alpha value is -3.20. The average molecular weight is 361 g/mol. The van der Waals surface area contributed by atoms with Crippen LogP contribution >= 0.6 is 0 Å². The second-order valence-electron chi connectivity index (χ2n) is 5.30. The second kappa shape index (κ2) is 8.77. The highest BCUT2D eigenvalue weighted by atomic mass is 19.1. The zero-order valence-corrected chi connectivity index (χ0v) is 14.1. The molecule has 1 atom stereocenters. The van der Waals surface area contributed by atoms with Gasteiger partial charge in [-0.1, -0.05) is 12.1 Å². The van der Waals surface area contributed by atoms with Crippen LogP contribution in [0.2, 0.25) is 0 Å². The summed E-state index contributed by atoms with van der Waals surface area (Å²) in [5.41, 5.74) is 6.95. The lowest BCUT2D eigenvalue weighted by molar-refractivity contribution is 0.225. The van der Waals surface area contributed by atoms with Gasteiger partial charge in [0.25, 0.3) is 0 Å². The van der Waals surface area contributed by atoms with Gasteiger partial charge < -0.3 is 20.9 Å². The van der Waals surface area contributed by atoms with Gasteiger partial charge in [-0.2, -0.15) is 0 Å². The minimum absolute atomic E-state index is 0.106. The molecule has 1 aromatic carbocycles. The Morgan fingerprint density at radius 3 is 2.69 bits per heavy atom. The topological polar surface area (TPSA) is 133 Å². The molecule has 0 spiro atoms. The van der Waals surface area contributed by atoms with Crippen molar-refractivity contribution in [3.05, 3.63) is 53.5 Å². The number of aliphatic hydroxyl groups is 1. The first-order valence-corrected chi connectivity index (χ1v) is 7.85. The maximum atomic E-state index is 13.0. The molecule has 0 aliphatic rings. The number of nitrogens with two attached hydrogens (primary N) is 1. The van der Waals surface area contributed by atoms with Crippen molar-refractivity contribution in [2.75, 3.05) is 24.3 Å². The van der Waals surface area contributed by atoms with Crippen LogP contribution in [0.15, 0.2) is 36.5 Å². The highest BCUT2D eigenvalue weighted by molar-refractivity contribution is 5.97. The lowest BCUT2D eigenvalue weighted by Crippen LogP contribution is -2.34. The third-order valence-corrected chi connectivity index (χ3v) is 3.47. The molecular formula is C17H20FN5O3. The number of anilines is 2. The molecule has 0 aliphatic heterocycles. The maximum absolute atomic E-state index is 13.0. The van der Waals surface area contributed by atoms with Gasteiger partial charge >= 0.3 is 6.03 Å². The van der Waals surface area contributed by atoms with Gasteiger partial charge in [-0.05, 0) is 24.6 Å². The molecule has 138 valence electrons. The van der Waals surface area contributed by atoms with Crippen LogP contribution in [0.25, 0.3) is 0 Å². The summed E-state index contributed by atoms with van der Waals surface area (Å²) in [4.78, 5) is 16.1. The fraction of sp³-hybridized carbons (Fsp3) is 0.235. The highest BCUT2D eigenvalue weighted by Crippen LogP contribution is 2.17. The summed E-state index contributed by atoms with van der Waals surface area (Å²) in [5, 5.41) is 22.2. The summed E-state index contributed by atoms with van der Waals surface area (Å²) in [6.45, 7) is 1.71. The van der Waals surface area contributed by atoms with Gasteiger partial charge in [-0.15, -0.1) is 0 Å². The lowest BCUT2D eigenvalue weighted by Gasteiger charge is -2.17. The quantitative estimate of drug-likeness (QED) is 0.396. The van der Waals surface area contributed by atoms with Crippen LogP contribution < -0.4 is 16.4 Å². The molecule has 0 saturated heterocycles. The van der Waals surface area contributed by atoms with E-state index in [-0.39, 0.29) is 24.0 Å². The van der Waals surface area contributed by atoms with Crippen molar-refractivity contribution in [1.29, 1.82) is 5.41 Å². The van der Waals surface area contributed by atoms with Crippen LogP contribution in [0.1, 0.15) is 24.1 Å². The van der Waals surface area contributed by atoms with E-state index in [1.807, 2.05) is 0 Å². The van der Waals surface area contributed by atoms with Crippen LogP contribution in [0, 0.1) is 11.2 Å². The minimum atomic E-state index is -0.710. The van der Waals surface area contributed by atoms with E-state index in [4.69, 9.17) is 15.9 Å². The van der Waals surface area contributed by atoms with E-state index in [9.17, 15) is 14.3 Å². The molecule has 8 nitrogen and oxygen atoms in total. The number of nitrogens with zero attached hydrogens (tertiary/aromatic N) is 1. The Bertz CT molecular complexity index is 782. The molecule has 9 heteroatoms. The Kier molecular flexibility index (Phi) is 6.45. The monoisotopic (exact) mass is 361 g/mol. The molecule has 2 aromatic rings. The average Bonchev–Trinajstić information content (AvgIpc) is 2.60. The van der Waals surface area contributed by atoms with E-state index in [0.29, 0.717) is 17.7 Å². The number of aromatic nitrogens is 1. The molecule has 0 fully saturated rings. The van der Waals surface area contributed by atoms with Crippen LogP contribution in [0.3, 0.4) is 0 Å². The fourth-order valence-corrected chi connectivity index (χ4v) is 2.19. The third-order valence-electron chi connectivity index (χ3n) is 3.47. The van der Waals surface area contributed by atoms with E-state index in [1.165, 1.54) is 36.5 Å². The fourth-order valence-electron chi connectivity index (χ4n) is 2.19. The Morgan fingerprint density at radius 2 is 2.12 bits per heavy atom. The lowest BCUT2D eigenvalue weighted by atomic mass is 10.1. The van der Waals surface area contributed by atoms with Gasteiger partial charge in [-0.3, -0.25) is 10.7 Å². The molecule has 1 aromatic heterocycles. The van der Waals surface area contributed by atoms with Crippen LogP contribution in [-0.2, 0) is 4.74 Å². The largest absolute Gasteiger partial charge is 0.478 e. The number of urea groups is 1. The van der Waals surface area contributed by atoms with Gasteiger partial charge in [0, 0.05) is 18.0 Å². The predicted octanol–water partition coefficient (Wildman–Crippen LogP) is 2.02. The van der Waals surface area contributed by atoms with Crippen molar-refractivity contribution in [2.45, 2.75) is 13.0 Å². The number of halogens is 1. The number of nitrogen functional groups attached to an aromatic ring is 1. The van der Waals surface area contributed by atoms with Crippen LogP contribution in [0.5, 0.6) is 0 Å². The summed E-state index contributed by atoms with van der Waals surface area (Å²) < 4.78 is 18.0. The van der Waals surface area contributed by atoms with Gasteiger partial charge in [0.2, 0.25) is 5.90 Å². The number of pyridine rings is 1. The second-order valence-corrected chi connectivity index (χ2v) is 5.30. The molecule has 6 N–H and O–H groups in total. The number of carbonyl (C=O) groups is 1.